The summed E-state index contributed by atoms with van der Waals surface area (Å²) in [5.74, 6) is -2.62. The largest absolute Gasteiger partial charge is 0.496 e. The third kappa shape index (κ3) is 6.01. The monoisotopic (exact) mass is 538 g/mol. The molecular formula is C31H35ClO6. The first kappa shape index (κ1) is 28.0. The smallest absolute Gasteiger partial charge is 0.144 e. The lowest BCUT2D eigenvalue weighted by molar-refractivity contribution is -0.145. The minimum absolute atomic E-state index is 0.143. The van der Waals surface area contributed by atoms with Gasteiger partial charge < -0.3 is 9.47 Å². The number of hydrogen-bond donors (Lipinski definition) is 0. The zero-order valence-corrected chi connectivity index (χ0v) is 23.4. The second kappa shape index (κ2) is 10.6. The summed E-state index contributed by atoms with van der Waals surface area (Å²) in [5.41, 5.74) is 0.375. The minimum atomic E-state index is -1.04. The number of benzene rings is 2. The second-order valence-electron chi connectivity index (χ2n) is 12.2. The van der Waals surface area contributed by atoms with Gasteiger partial charge in [0.2, 0.25) is 0 Å². The maximum Gasteiger partial charge on any atom is 0.144 e. The van der Waals surface area contributed by atoms with Crippen LogP contribution in [0.15, 0.2) is 42.5 Å². The number of halogens is 1. The average molecular weight is 539 g/mol. The molecule has 0 spiro atoms. The van der Waals surface area contributed by atoms with Crippen LogP contribution in [0.4, 0.5) is 0 Å². The average Bonchev–Trinajstić information content (AvgIpc) is 2.80. The van der Waals surface area contributed by atoms with Gasteiger partial charge in [-0.25, -0.2) is 0 Å². The lowest BCUT2D eigenvalue weighted by atomic mass is 9.59. The van der Waals surface area contributed by atoms with E-state index in [1.165, 1.54) is 0 Å². The van der Waals surface area contributed by atoms with Crippen molar-refractivity contribution in [2.24, 2.45) is 22.7 Å². The van der Waals surface area contributed by atoms with Crippen LogP contribution in [0.2, 0.25) is 5.02 Å². The highest BCUT2D eigenvalue weighted by atomic mass is 35.5. The van der Waals surface area contributed by atoms with Crippen LogP contribution in [0.1, 0.15) is 70.4 Å². The molecule has 0 heterocycles. The van der Waals surface area contributed by atoms with Gasteiger partial charge in [-0.05, 0) is 52.8 Å². The van der Waals surface area contributed by atoms with Crippen molar-refractivity contribution in [2.75, 3.05) is 7.11 Å². The Morgan fingerprint density at radius 3 is 1.71 bits per heavy atom. The first-order valence-electron chi connectivity index (χ1n) is 13.0. The van der Waals surface area contributed by atoms with E-state index in [0.717, 1.165) is 0 Å². The van der Waals surface area contributed by atoms with E-state index in [2.05, 4.69) is 0 Å². The van der Waals surface area contributed by atoms with E-state index in [1.54, 1.807) is 49.6 Å². The van der Waals surface area contributed by atoms with E-state index in [0.29, 0.717) is 27.6 Å². The summed E-state index contributed by atoms with van der Waals surface area (Å²) in [6.07, 6.45) is 0.902. The summed E-state index contributed by atoms with van der Waals surface area (Å²) in [6.45, 7) is 7.73. The van der Waals surface area contributed by atoms with Crippen molar-refractivity contribution < 1.29 is 28.7 Å². The van der Waals surface area contributed by atoms with Crippen LogP contribution >= 0.6 is 11.6 Å². The van der Waals surface area contributed by atoms with E-state index >= 15 is 0 Å². The number of rotatable bonds is 7. The molecule has 0 atom stereocenters. The van der Waals surface area contributed by atoms with Crippen LogP contribution in [0, 0.1) is 22.7 Å². The van der Waals surface area contributed by atoms with Gasteiger partial charge in [0.05, 0.1) is 18.9 Å². The molecule has 2 saturated carbocycles. The molecule has 0 unspecified atom stereocenters. The number of methoxy groups -OCH3 is 1. The van der Waals surface area contributed by atoms with Crippen LogP contribution in [0.3, 0.4) is 0 Å². The van der Waals surface area contributed by atoms with Gasteiger partial charge in [-0.1, -0.05) is 45.4 Å². The van der Waals surface area contributed by atoms with Gasteiger partial charge in [0, 0.05) is 42.2 Å². The first-order valence-corrected chi connectivity index (χ1v) is 13.3. The summed E-state index contributed by atoms with van der Waals surface area (Å²) in [7, 11) is 1.55. The number of carbonyl (C=O) groups is 4. The summed E-state index contributed by atoms with van der Waals surface area (Å²) in [4.78, 5) is 53.8. The highest BCUT2D eigenvalue weighted by Crippen LogP contribution is 2.47. The van der Waals surface area contributed by atoms with Crippen LogP contribution in [-0.2, 0) is 25.8 Å². The predicted octanol–water partition coefficient (Wildman–Crippen LogP) is 6.16. The SMILES string of the molecule is COc1ccc(C(C2C(=O)CC(C)(C)CC2=O)C2C(=O)CC(C)(C)CC2=O)cc1COc1ccc(Cl)cc1. The second-order valence-corrected chi connectivity index (χ2v) is 12.6. The Morgan fingerprint density at radius 2 is 1.26 bits per heavy atom. The highest BCUT2D eigenvalue weighted by Gasteiger charge is 2.52. The lowest BCUT2D eigenvalue weighted by Crippen LogP contribution is -2.48. The normalized spacial score (nSPS) is 20.2. The van der Waals surface area contributed by atoms with Crippen LogP contribution in [-0.4, -0.2) is 30.2 Å². The lowest BCUT2D eigenvalue weighted by Gasteiger charge is -2.41. The summed E-state index contributed by atoms with van der Waals surface area (Å²) in [6, 6.07) is 12.3. The van der Waals surface area contributed by atoms with Gasteiger partial charge in [0.1, 0.15) is 41.2 Å². The standard InChI is InChI=1S/C31H35ClO6/c1-30(2)13-22(33)28(23(34)14-30)27(29-24(35)15-31(3,4)16-25(29)36)18-6-11-26(37-5)19(12-18)17-38-21-9-7-20(32)8-10-21/h6-12,27-29H,13-17H2,1-5H3. The third-order valence-electron chi connectivity index (χ3n) is 7.61. The molecule has 0 aromatic heterocycles. The van der Waals surface area contributed by atoms with E-state index in [-0.39, 0.29) is 55.4 Å². The molecular weight excluding hydrogens is 504 g/mol. The molecule has 2 fully saturated rings. The Balaban J connectivity index is 1.76. The van der Waals surface area contributed by atoms with E-state index < -0.39 is 28.6 Å². The molecule has 0 amide bonds. The van der Waals surface area contributed by atoms with Gasteiger partial charge in [0.25, 0.3) is 0 Å². The fourth-order valence-electron chi connectivity index (χ4n) is 6.00. The molecule has 0 bridgehead atoms. The Kier molecular flexibility index (Phi) is 7.85. The van der Waals surface area contributed by atoms with Gasteiger partial charge in [0.15, 0.2) is 0 Å². The van der Waals surface area contributed by atoms with Crippen molar-refractivity contribution in [3.05, 3.63) is 58.6 Å². The summed E-state index contributed by atoms with van der Waals surface area (Å²) in [5, 5.41) is 0.592. The van der Waals surface area contributed by atoms with Crippen molar-refractivity contribution in [1.29, 1.82) is 0 Å². The number of carbonyl (C=O) groups excluding carboxylic acids is 4. The number of hydrogen-bond acceptors (Lipinski definition) is 6. The Bertz CT molecular complexity index is 1170. The van der Waals surface area contributed by atoms with Crippen molar-refractivity contribution >= 4 is 34.7 Å². The molecule has 0 saturated heterocycles. The Hall–Kier alpha value is -2.99. The maximum atomic E-state index is 13.5. The first-order chi connectivity index (χ1) is 17.8. The van der Waals surface area contributed by atoms with E-state index in [1.807, 2.05) is 27.7 Å². The molecule has 0 aliphatic heterocycles. The molecule has 0 N–H and O–H groups in total. The predicted molar refractivity (Wildman–Crippen MR) is 145 cm³/mol. The number of Topliss-reactive ketones (excluding diaryl/α,β-unsaturated/α-hetero) is 4. The van der Waals surface area contributed by atoms with Crippen molar-refractivity contribution in [2.45, 2.75) is 65.9 Å². The molecule has 202 valence electrons. The van der Waals surface area contributed by atoms with Gasteiger partial charge in [-0.3, -0.25) is 19.2 Å². The van der Waals surface area contributed by atoms with Gasteiger partial charge in [-0.15, -0.1) is 0 Å². The Labute approximate surface area is 229 Å². The number of ketones is 4. The fraction of sp³-hybridized carbons (Fsp3) is 0.484. The van der Waals surface area contributed by atoms with Crippen molar-refractivity contribution in [3.63, 3.8) is 0 Å². The molecule has 7 heteroatoms. The van der Waals surface area contributed by atoms with Crippen LogP contribution in [0.25, 0.3) is 0 Å². The zero-order valence-electron chi connectivity index (χ0n) is 22.6. The number of ether oxygens (including phenoxy) is 2. The summed E-state index contributed by atoms with van der Waals surface area (Å²) < 4.78 is 11.5. The maximum absolute atomic E-state index is 13.5. The van der Waals surface area contributed by atoms with Crippen LogP contribution < -0.4 is 9.47 Å². The third-order valence-corrected chi connectivity index (χ3v) is 7.87. The molecule has 2 aliphatic rings. The van der Waals surface area contributed by atoms with Crippen molar-refractivity contribution in [3.8, 4) is 11.5 Å². The fourth-order valence-corrected chi connectivity index (χ4v) is 6.13. The zero-order chi connectivity index (χ0) is 27.8. The van der Waals surface area contributed by atoms with E-state index in [4.69, 9.17) is 21.1 Å². The van der Waals surface area contributed by atoms with E-state index in [9.17, 15) is 19.2 Å². The molecule has 6 nitrogen and oxygen atoms in total. The molecule has 38 heavy (non-hydrogen) atoms. The molecule has 0 radical (unpaired) electrons. The van der Waals surface area contributed by atoms with Crippen LogP contribution in [0.5, 0.6) is 11.5 Å². The molecule has 2 aromatic carbocycles. The minimum Gasteiger partial charge on any atom is -0.496 e. The molecule has 4 rings (SSSR count). The molecule has 2 aromatic rings. The van der Waals surface area contributed by atoms with Gasteiger partial charge in [-0.2, -0.15) is 0 Å². The highest BCUT2D eigenvalue weighted by molar-refractivity contribution is 6.30. The van der Waals surface area contributed by atoms with Gasteiger partial charge >= 0.3 is 0 Å². The Morgan fingerprint density at radius 1 is 0.789 bits per heavy atom. The quantitative estimate of drug-likeness (QED) is 0.392. The topological polar surface area (TPSA) is 86.7 Å². The van der Waals surface area contributed by atoms with Crippen molar-refractivity contribution in [1.82, 2.24) is 0 Å². The summed E-state index contributed by atoms with van der Waals surface area (Å²) >= 11 is 5.98. The molecule has 2 aliphatic carbocycles.